The molecule has 0 saturated carbocycles. The molecule has 0 aliphatic carbocycles. The number of carbonyl (C=O) groups is 2. The number of nitrogens with two attached hydrogens (primary N) is 1. The zero-order chi connectivity index (χ0) is 28.3. The maximum Gasteiger partial charge on any atom is 0.267 e. The summed E-state index contributed by atoms with van der Waals surface area (Å²) in [5, 5.41) is 8.11. The summed E-state index contributed by atoms with van der Waals surface area (Å²) < 4.78 is 5.41. The summed E-state index contributed by atoms with van der Waals surface area (Å²) in [5.41, 5.74) is 7.39. The fourth-order valence-corrected chi connectivity index (χ4v) is 5.16. The van der Waals surface area contributed by atoms with Gasteiger partial charge in [0.2, 0.25) is 5.95 Å². The summed E-state index contributed by atoms with van der Waals surface area (Å²) in [6.07, 6.45) is 1.40. The first-order chi connectivity index (χ1) is 18.5. The largest absolute Gasteiger partial charge is 0.494 e. The average Bonchev–Trinajstić information content (AvgIpc) is 3.25. The topological polar surface area (TPSA) is 135 Å². The highest BCUT2D eigenvalue weighted by Crippen LogP contribution is 2.36. The molecular weight excluding hydrogens is 585 g/mol. The number of pyridine rings is 1. The van der Waals surface area contributed by atoms with Crippen molar-refractivity contribution in [2.45, 2.75) is 13.5 Å². The molecule has 0 aliphatic heterocycles. The zero-order valence-corrected chi connectivity index (χ0v) is 24.0. The van der Waals surface area contributed by atoms with Crippen molar-refractivity contribution in [3.05, 3.63) is 78.7 Å². The van der Waals surface area contributed by atoms with Gasteiger partial charge in [-0.05, 0) is 30.5 Å². The van der Waals surface area contributed by atoms with Crippen molar-refractivity contribution in [3.63, 3.8) is 0 Å². The molecule has 1 aromatic carbocycles. The summed E-state index contributed by atoms with van der Waals surface area (Å²) >= 11 is 19.9. The number of anilines is 4. The van der Waals surface area contributed by atoms with Crippen LogP contribution in [0.2, 0.25) is 15.1 Å². The molecule has 4 N–H and O–H groups in total. The van der Waals surface area contributed by atoms with Crippen LogP contribution >= 0.6 is 46.1 Å². The molecule has 39 heavy (non-hydrogen) atoms. The van der Waals surface area contributed by atoms with Gasteiger partial charge in [-0.25, -0.2) is 9.97 Å². The van der Waals surface area contributed by atoms with Crippen molar-refractivity contribution in [1.29, 1.82) is 0 Å². The summed E-state index contributed by atoms with van der Waals surface area (Å²) in [7, 11) is 3.23. The maximum absolute atomic E-state index is 13.3. The number of benzene rings is 1. The molecule has 0 saturated heterocycles. The molecule has 10 nitrogen and oxygen atoms in total. The molecule has 0 unspecified atom stereocenters. The number of hydrogen-bond acceptors (Lipinski definition) is 9. The number of aryl methyl sites for hydroxylation is 1. The highest BCUT2D eigenvalue weighted by molar-refractivity contribution is 7.13. The van der Waals surface area contributed by atoms with Crippen LogP contribution in [0, 0.1) is 6.92 Å². The standard InChI is InChI=1S/C25H22Cl3N7O3S/c1-12-6-19(33-25(29)31-12)35(2)10-13-11-39-22(20(13)28)24(37)34-21-16(7-15(27)8-17(21)38-3)23(36)32-18-5-4-14(26)9-30-18/h4-9,11H,10H2,1-3H3,(H,34,37)(H2,29,31,33)(H,30,32,36). The van der Waals surface area contributed by atoms with Crippen LogP contribution in [0.4, 0.5) is 23.3 Å². The number of nitrogens with one attached hydrogen (secondary N) is 2. The van der Waals surface area contributed by atoms with Gasteiger partial charge in [0.25, 0.3) is 11.8 Å². The highest BCUT2D eigenvalue weighted by atomic mass is 35.5. The second-order valence-corrected chi connectivity index (χ2v) is 10.4. The molecule has 0 spiro atoms. The Hall–Kier alpha value is -3.64. The van der Waals surface area contributed by atoms with Gasteiger partial charge in [0.05, 0.1) is 28.4 Å². The third kappa shape index (κ3) is 6.69. The average molecular weight is 607 g/mol. The van der Waals surface area contributed by atoms with Gasteiger partial charge in [-0.1, -0.05) is 34.8 Å². The van der Waals surface area contributed by atoms with E-state index in [-0.39, 0.29) is 43.7 Å². The highest BCUT2D eigenvalue weighted by Gasteiger charge is 2.24. The van der Waals surface area contributed by atoms with Gasteiger partial charge in [-0.3, -0.25) is 9.59 Å². The summed E-state index contributed by atoms with van der Waals surface area (Å²) in [6, 6.07) is 7.82. The Morgan fingerprint density at radius 2 is 1.85 bits per heavy atom. The number of nitrogens with zero attached hydrogens (tertiary/aromatic N) is 4. The van der Waals surface area contributed by atoms with Gasteiger partial charge < -0.3 is 26.0 Å². The first kappa shape index (κ1) is 28.4. The Labute approximate surface area is 243 Å². The van der Waals surface area contributed by atoms with Crippen LogP contribution < -0.4 is 26.0 Å². The van der Waals surface area contributed by atoms with Crippen molar-refractivity contribution in [2.24, 2.45) is 0 Å². The lowest BCUT2D eigenvalue weighted by Gasteiger charge is -2.18. The monoisotopic (exact) mass is 605 g/mol. The Morgan fingerprint density at radius 3 is 2.51 bits per heavy atom. The van der Waals surface area contributed by atoms with Gasteiger partial charge in [0.1, 0.15) is 22.3 Å². The Kier molecular flexibility index (Phi) is 8.76. The maximum atomic E-state index is 13.3. The molecule has 3 aromatic heterocycles. The number of rotatable bonds is 8. The van der Waals surface area contributed by atoms with Crippen LogP contribution in [0.3, 0.4) is 0 Å². The quantitative estimate of drug-likeness (QED) is 0.224. The van der Waals surface area contributed by atoms with E-state index >= 15 is 0 Å². The van der Waals surface area contributed by atoms with Crippen LogP contribution in [0.15, 0.2) is 41.9 Å². The molecule has 0 atom stereocenters. The molecule has 0 aliphatic rings. The van der Waals surface area contributed by atoms with E-state index in [1.807, 2.05) is 18.9 Å². The Bertz CT molecular complexity index is 1530. The number of halogens is 3. The van der Waals surface area contributed by atoms with Crippen LogP contribution in [-0.4, -0.2) is 40.9 Å². The van der Waals surface area contributed by atoms with Crippen molar-refractivity contribution in [3.8, 4) is 5.75 Å². The Morgan fingerprint density at radius 1 is 1.08 bits per heavy atom. The molecule has 3 heterocycles. The number of nitrogen functional groups attached to an aromatic ring is 1. The summed E-state index contributed by atoms with van der Waals surface area (Å²) in [6.45, 7) is 2.19. The number of hydrogen-bond donors (Lipinski definition) is 3. The first-order valence-electron chi connectivity index (χ1n) is 11.3. The van der Waals surface area contributed by atoms with E-state index in [0.29, 0.717) is 22.9 Å². The molecule has 2 amide bonds. The van der Waals surface area contributed by atoms with E-state index in [0.717, 1.165) is 17.0 Å². The third-order valence-corrected chi connectivity index (χ3v) is 7.42. The number of methoxy groups -OCH3 is 1. The molecule has 0 bridgehead atoms. The number of thiophene rings is 1. The number of carbonyl (C=O) groups excluding carboxylic acids is 2. The lowest BCUT2D eigenvalue weighted by Crippen LogP contribution is -2.20. The number of amides is 2. The zero-order valence-electron chi connectivity index (χ0n) is 20.9. The van der Waals surface area contributed by atoms with Crippen molar-refractivity contribution >= 4 is 81.2 Å². The fraction of sp³-hybridized carbons (Fsp3) is 0.160. The minimum Gasteiger partial charge on any atom is -0.494 e. The van der Waals surface area contributed by atoms with Gasteiger partial charge >= 0.3 is 0 Å². The van der Waals surface area contributed by atoms with E-state index in [1.165, 1.54) is 25.4 Å². The minimum atomic E-state index is -0.570. The molecule has 4 aromatic rings. The van der Waals surface area contributed by atoms with Gasteiger partial charge in [-0.2, -0.15) is 4.98 Å². The van der Waals surface area contributed by atoms with Crippen molar-refractivity contribution < 1.29 is 14.3 Å². The fourth-order valence-electron chi connectivity index (χ4n) is 3.60. The smallest absolute Gasteiger partial charge is 0.267 e. The van der Waals surface area contributed by atoms with E-state index in [2.05, 4.69) is 25.6 Å². The lowest BCUT2D eigenvalue weighted by atomic mass is 10.1. The van der Waals surface area contributed by atoms with Gasteiger partial charge in [0, 0.05) is 48.2 Å². The Balaban J connectivity index is 1.58. The molecular formula is C25H22Cl3N7O3S. The summed E-state index contributed by atoms with van der Waals surface area (Å²) in [5.74, 6) is 0.132. The predicted octanol–water partition coefficient (Wildman–Crippen LogP) is 5.93. The lowest BCUT2D eigenvalue weighted by molar-refractivity contribution is 0.102. The second-order valence-electron chi connectivity index (χ2n) is 8.29. The molecule has 0 fully saturated rings. The van der Waals surface area contributed by atoms with Crippen LogP contribution in [0.5, 0.6) is 5.75 Å². The first-order valence-corrected chi connectivity index (χ1v) is 13.3. The molecule has 0 radical (unpaired) electrons. The third-order valence-electron chi connectivity index (χ3n) is 5.40. The van der Waals surface area contributed by atoms with Gasteiger partial charge in [0.15, 0.2) is 0 Å². The number of ether oxygens (including phenoxy) is 1. The summed E-state index contributed by atoms with van der Waals surface area (Å²) in [4.78, 5) is 41.0. The second kappa shape index (κ2) is 12.0. The minimum absolute atomic E-state index is 0.0637. The molecule has 14 heteroatoms. The van der Waals surface area contributed by atoms with Crippen LogP contribution in [0.1, 0.15) is 31.3 Å². The van der Waals surface area contributed by atoms with Gasteiger partial charge in [-0.15, -0.1) is 11.3 Å². The van der Waals surface area contributed by atoms with E-state index in [1.54, 1.807) is 23.6 Å². The van der Waals surface area contributed by atoms with Crippen molar-refractivity contribution in [2.75, 3.05) is 35.4 Å². The number of aromatic nitrogens is 3. The molecule has 4 rings (SSSR count). The van der Waals surface area contributed by atoms with E-state index < -0.39 is 11.8 Å². The SMILES string of the molecule is COc1cc(Cl)cc(C(=O)Nc2ccc(Cl)cn2)c1NC(=O)c1scc(CN(C)c2cc(C)nc(N)n2)c1Cl. The van der Waals surface area contributed by atoms with Crippen molar-refractivity contribution in [1.82, 2.24) is 15.0 Å². The molecule has 202 valence electrons. The van der Waals surface area contributed by atoms with E-state index in [9.17, 15) is 9.59 Å². The van der Waals surface area contributed by atoms with E-state index in [4.69, 9.17) is 45.3 Å². The predicted molar refractivity (Wildman–Crippen MR) is 156 cm³/mol. The normalized spacial score (nSPS) is 10.7. The van der Waals surface area contributed by atoms with Crippen LogP contribution in [0.25, 0.3) is 0 Å². The van der Waals surface area contributed by atoms with Crippen LogP contribution in [-0.2, 0) is 6.54 Å².